The maximum atomic E-state index is 12.5. The van der Waals surface area contributed by atoms with Crippen molar-refractivity contribution in [3.8, 4) is 11.4 Å². The van der Waals surface area contributed by atoms with Crippen molar-refractivity contribution in [1.82, 2.24) is 19.8 Å². The number of nitrogen functional groups attached to an aromatic ring is 1. The van der Waals surface area contributed by atoms with Crippen molar-refractivity contribution in [2.24, 2.45) is 11.8 Å². The zero-order chi connectivity index (χ0) is 18.8. The summed E-state index contributed by atoms with van der Waals surface area (Å²) < 4.78 is 1.36. The van der Waals surface area contributed by atoms with Crippen molar-refractivity contribution in [2.75, 3.05) is 24.7 Å². The minimum atomic E-state index is 0.0995. The quantitative estimate of drug-likeness (QED) is 0.612. The van der Waals surface area contributed by atoms with Crippen LogP contribution in [0.5, 0.6) is 0 Å². The van der Waals surface area contributed by atoms with Gasteiger partial charge < -0.3 is 10.7 Å². The van der Waals surface area contributed by atoms with E-state index in [1.807, 2.05) is 4.90 Å². The van der Waals surface area contributed by atoms with Crippen LogP contribution in [0, 0.1) is 11.8 Å². The Kier molecular flexibility index (Phi) is 5.99. The predicted molar refractivity (Wildman–Crippen MR) is 106 cm³/mol. The molecule has 1 aliphatic heterocycles. The van der Waals surface area contributed by atoms with E-state index in [1.165, 1.54) is 22.9 Å². The number of nitrogens with two attached hydrogens (primary N) is 1. The second-order valence-corrected chi connectivity index (χ2v) is 8.62. The largest absolute Gasteiger partial charge is 0.341 e. The van der Waals surface area contributed by atoms with Gasteiger partial charge in [0.25, 0.3) is 0 Å². The molecule has 2 N–H and O–H groups in total. The van der Waals surface area contributed by atoms with Gasteiger partial charge in [-0.15, -0.1) is 10.2 Å². The topological polar surface area (TPSA) is 77.0 Å². The molecule has 26 heavy (non-hydrogen) atoms. The molecule has 140 valence electrons. The summed E-state index contributed by atoms with van der Waals surface area (Å²) in [6.07, 6.45) is 1.17. The lowest BCUT2D eigenvalue weighted by Crippen LogP contribution is -2.43. The Morgan fingerprint density at radius 1 is 1.27 bits per heavy atom. The average Bonchev–Trinajstić information content (AvgIpc) is 2.92. The van der Waals surface area contributed by atoms with Crippen molar-refractivity contribution < 1.29 is 4.79 Å². The summed E-state index contributed by atoms with van der Waals surface area (Å²) in [5.74, 6) is 7.98. The van der Waals surface area contributed by atoms with Crippen LogP contribution in [0.4, 0.5) is 0 Å². The molecule has 9 heteroatoms. The van der Waals surface area contributed by atoms with E-state index in [9.17, 15) is 4.79 Å². The summed E-state index contributed by atoms with van der Waals surface area (Å²) in [6.45, 7) is 5.98. The van der Waals surface area contributed by atoms with E-state index in [0.29, 0.717) is 38.4 Å². The monoisotopic (exact) mass is 413 g/mol. The van der Waals surface area contributed by atoms with E-state index < -0.39 is 0 Å². The maximum absolute atomic E-state index is 12.5. The van der Waals surface area contributed by atoms with Crippen LogP contribution in [-0.2, 0) is 4.79 Å². The highest BCUT2D eigenvalue weighted by Gasteiger charge is 2.26. The number of aromatic nitrogens is 3. The van der Waals surface area contributed by atoms with Crippen LogP contribution in [-0.4, -0.2) is 44.5 Å². The van der Waals surface area contributed by atoms with Crippen LogP contribution in [0.3, 0.4) is 0 Å². The van der Waals surface area contributed by atoms with Gasteiger partial charge in [0.15, 0.2) is 5.82 Å². The van der Waals surface area contributed by atoms with Gasteiger partial charge in [0, 0.05) is 23.7 Å². The number of carbonyl (C=O) groups is 1. The summed E-state index contributed by atoms with van der Waals surface area (Å²) in [6, 6.07) is 5.09. The minimum Gasteiger partial charge on any atom is -0.341 e. The standard InChI is InChI=1S/C17H21Cl2N5OS/c1-10-5-11(2)8-23(7-10)15(25)9-26-17-22-21-16(24(17)20)13-4-3-12(18)6-14(13)19/h3-4,6,10-11H,5,7-9,20H2,1-2H3/t10-,11+. The van der Waals surface area contributed by atoms with Gasteiger partial charge >= 0.3 is 0 Å². The maximum Gasteiger partial charge on any atom is 0.233 e. The Morgan fingerprint density at radius 3 is 2.62 bits per heavy atom. The Hall–Kier alpha value is -1.44. The van der Waals surface area contributed by atoms with Gasteiger partial charge in [0.05, 0.1) is 10.8 Å². The first-order valence-electron chi connectivity index (χ1n) is 8.41. The molecule has 1 aliphatic rings. The summed E-state index contributed by atoms with van der Waals surface area (Å²) in [5, 5.41) is 9.65. The van der Waals surface area contributed by atoms with Gasteiger partial charge in [-0.3, -0.25) is 4.79 Å². The van der Waals surface area contributed by atoms with Gasteiger partial charge in [0.1, 0.15) is 0 Å². The fraction of sp³-hybridized carbons (Fsp3) is 0.471. The van der Waals surface area contributed by atoms with E-state index >= 15 is 0 Å². The van der Waals surface area contributed by atoms with Crippen LogP contribution in [0.15, 0.2) is 23.4 Å². The molecule has 1 amide bonds. The Bertz CT molecular complexity index is 802. The highest BCUT2D eigenvalue weighted by atomic mass is 35.5. The number of hydrogen-bond donors (Lipinski definition) is 1. The second kappa shape index (κ2) is 8.06. The van der Waals surface area contributed by atoms with E-state index in [2.05, 4.69) is 24.0 Å². The van der Waals surface area contributed by atoms with Crippen molar-refractivity contribution in [1.29, 1.82) is 0 Å². The number of nitrogens with zero attached hydrogens (tertiary/aromatic N) is 4. The molecule has 2 aromatic rings. The zero-order valence-corrected chi connectivity index (χ0v) is 17.0. The molecule has 0 spiro atoms. The van der Waals surface area contributed by atoms with E-state index in [1.54, 1.807) is 18.2 Å². The van der Waals surface area contributed by atoms with Crippen LogP contribution < -0.4 is 5.84 Å². The molecule has 0 aliphatic carbocycles. The molecule has 1 aromatic carbocycles. The molecule has 0 bridgehead atoms. The lowest BCUT2D eigenvalue weighted by Gasteiger charge is -2.34. The number of thioether (sulfide) groups is 1. The van der Waals surface area contributed by atoms with Crippen LogP contribution in [0.25, 0.3) is 11.4 Å². The average molecular weight is 414 g/mol. The number of rotatable bonds is 4. The first kappa shape index (κ1) is 19.3. The first-order valence-corrected chi connectivity index (χ1v) is 10.2. The number of carbonyl (C=O) groups excluding carboxylic acids is 1. The number of piperidine rings is 1. The Balaban J connectivity index is 1.68. The predicted octanol–water partition coefficient (Wildman–Crippen LogP) is 3.56. The van der Waals surface area contributed by atoms with Crippen LogP contribution >= 0.6 is 35.0 Å². The summed E-state index contributed by atoms with van der Waals surface area (Å²) in [5.41, 5.74) is 0.642. The lowest BCUT2D eigenvalue weighted by molar-refractivity contribution is -0.130. The number of likely N-dealkylation sites (tertiary alicyclic amines) is 1. The van der Waals surface area contributed by atoms with Crippen molar-refractivity contribution >= 4 is 40.9 Å². The fourth-order valence-corrected chi connectivity index (χ4v) is 4.57. The number of halogens is 2. The molecule has 0 unspecified atom stereocenters. The molecule has 3 rings (SSSR count). The van der Waals surface area contributed by atoms with Gasteiger partial charge in [0.2, 0.25) is 11.1 Å². The lowest BCUT2D eigenvalue weighted by atomic mass is 9.92. The third kappa shape index (κ3) is 4.27. The molecule has 6 nitrogen and oxygen atoms in total. The van der Waals surface area contributed by atoms with Crippen LogP contribution in [0.1, 0.15) is 20.3 Å². The van der Waals surface area contributed by atoms with Gasteiger partial charge in [-0.1, -0.05) is 48.8 Å². The number of benzene rings is 1. The van der Waals surface area contributed by atoms with Gasteiger partial charge in [-0.25, -0.2) is 4.68 Å². The molecule has 1 aromatic heterocycles. The zero-order valence-electron chi connectivity index (χ0n) is 14.7. The van der Waals surface area contributed by atoms with Crippen molar-refractivity contribution in [2.45, 2.75) is 25.4 Å². The van der Waals surface area contributed by atoms with Gasteiger partial charge in [-0.2, -0.15) is 0 Å². The summed E-state index contributed by atoms with van der Waals surface area (Å²) >= 11 is 13.4. The van der Waals surface area contributed by atoms with Gasteiger partial charge in [-0.05, 0) is 36.5 Å². The molecular weight excluding hydrogens is 393 g/mol. The normalized spacial score (nSPS) is 20.4. The molecule has 1 fully saturated rings. The van der Waals surface area contributed by atoms with E-state index in [-0.39, 0.29) is 11.7 Å². The molecule has 1 saturated heterocycles. The highest BCUT2D eigenvalue weighted by Crippen LogP contribution is 2.30. The van der Waals surface area contributed by atoms with Crippen LogP contribution in [0.2, 0.25) is 10.0 Å². The Labute approximate surface area is 167 Å². The second-order valence-electron chi connectivity index (χ2n) is 6.83. The first-order chi connectivity index (χ1) is 12.3. The number of amides is 1. The molecule has 2 heterocycles. The molecule has 0 radical (unpaired) electrons. The Morgan fingerprint density at radius 2 is 1.96 bits per heavy atom. The van der Waals surface area contributed by atoms with E-state index in [4.69, 9.17) is 29.0 Å². The summed E-state index contributed by atoms with van der Waals surface area (Å²) in [4.78, 5) is 14.4. The summed E-state index contributed by atoms with van der Waals surface area (Å²) in [7, 11) is 0. The molecule has 0 saturated carbocycles. The third-order valence-electron chi connectivity index (χ3n) is 4.38. The van der Waals surface area contributed by atoms with E-state index in [0.717, 1.165) is 13.1 Å². The SMILES string of the molecule is C[C@@H]1C[C@H](C)CN(C(=O)CSc2nnc(-c3ccc(Cl)cc3Cl)n2N)C1. The minimum absolute atomic E-state index is 0.0995. The smallest absolute Gasteiger partial charge is 0.233 e. The fourth-order valence-electron chi connectivity index (χ4n) is 3.31. The highest BCUT2D eigenvalue weighted by molar-refractivity contribution is 7.99. The third-order valence-corrected chi connectivity index (χ3v) is 5.86. The molecule has 2 atom stereocenters. The number of hydrogen-bond acceptors (Lipinski definition) is 5. The molecular formula is C17H21Cl2N5OS. The van der Waals surface area contributed by atoms with Crippen molar-refractivity contribution in [3.05, 3.63) is 28.2 Å². The van der Waals surface area contributed by atoms with Crippen molar-refractivity contribution in [3.63, 3.8) is 0 Å².